The number of benzene rings is 1. The van der Waals surface area contributed by atoms with Crippen LogP contribution in [0.15, 0.2) is 55.0 Å². The van der Waals surface area contributed by atoms with Gasteiger partial charge in [-0.2, -0.15) is 17.6 Å². The summed E-state index contributed by atoms with van der Waals surface area (Å²) in [4.78, 5) is 15.6. The van der Waals surface area contributed by atoms with Crippen LogP contribution >= 0.6 is 0 Å². The van der Waals surface area contributed by atoms with Crippen LogP contribution in [0, 0.1) is 17.5 Å². The number of hydrogen-bond acceptors (Lipinski definition) is 9. The fraction of sp³-hybridized carbons (Fsp3) is 0.259. The molecule has 0 saturated carbocycles. The van der Waals surface area contributed by atoms with Gasteiger partial charge in [0.15, 0.2) is 11.6 Å². The van der Waals surface area contributed by atoms with Crippen molar-refractivity contribution in [2.75, 3.05) is 18.4 Å². The molecule has 0 bridgehead atoms. The highest BCUT2D eigenvalue weighted by Gasteiger charge is 2.39. The zero-order valence-electron chi connectivity index (χ0n) is 22.6. The van der Waals surface area contributed by atoms with E-state index in [-0.39, 0.29) is 42.1 Å². The average molecular weight is 657 g/mol. The van der Waals surface area contributed by atoms with Crippen LogP contribution in [-0.4, -0.2) is 54.0 Å². The van der Waals surface area contributed by atoms with E-state index in [0.717, 1.165) is 18.3 Å². The Morgan fingerprint density at radius 2 is 1.78 bits per heavy atom. The summed E-state index contributed by atoms with van der Waals surface area (Å²) in [6.45, 7) is 0.683. The van der Waals surface area contributed by atoms with E-state index in [1.54, 1.807) is 4.72 Å². The smallest absolute Gasteiger partial charge is 0.433 e. The number of pyridine rings is 2. The Labute approximate surface area is 252 Å². The summed E-state index contributed by atoms with van der Waals surface area (Å²) >= 11 is -3.35. The average Bonchev–Trinajstić information content (AvgIpc) is 2.99. The Bertz CT molecular complexity index is 1720. The summed E-state index contributed by atoms with van der Waals surface area (Å²) < 4.78 is 131. The zero-order chi connectivity index (χ0) is 32.3. The molecule has 2 unspecified atom stereocenters. The highest BCUT2D eigenvalue weighted by Crippen LogP contribution is 2.40. The van der Waals surface area contributed by atoms with Crippen LogP contribution in [0.2, 0.25) is 0 Å². The highest BCUT2D eigenvalue weighted by atomic mass is 32.2. The van der Waals surface area contributed by atoms with Crippen molar-refractivity contribution in [1.82, 2.24) is 30.0 Å². The number of hydrogen-bond donors (Lipinski definition) is 3. The van der Waals surface area contributed by atoms with Gasteiger partial charge in [-0.3, -0.25) is 9.19 Å². The van der Waals surface area contributed by atoms with E-state index in [0.29, 0.717) is 12.6 Å². The van der Waals surface area contributed by atoms with Gasteiger partial charge in [0.25, 0.3) is 0 Å². The number of rotatable bonds is 9. The number of piperidine rings is 1. The van der Waals surface area contributed by atoms with Crippen LogP contribution < -0.4 is 20.1 Å². The van der Waals surface area contributed by atoms with E-state index in [1.165, 1.54) is 30.6 Å². The number of halogens is 7. The Hall–Kier alpha value is -4.26. The molecule has 18 heteroatoms. The van der Waals surface area contributed by atoms with Crippen molar-refractivity contribution in [3.8, 4) is 22.9 Å². The maximum Gasteiger partial charge on any atom is 0.433 e. The molecule has 1 fully saturated rings. The predicted octanol–water partition coefficient (Wildman–Crippen LogP) is 4.75. The van der Waals surface area contributed by atoms with E-state index in [9.17, 15) is 26.3 Å². The lowest BCUT2D eigenvalue weighted by molar-refractivity contribution is -0.142. The van der Waals surface area contributed by atoms with Crippen molar-refractivity contribution < 1.29 is 44.2 Å². The van der Waals surface area contributed by atoms with Gasteiger partial charge in [0, 0.05) is 72.6 Å². The number of alkyl halides is 4. The van der Waals surface area contributed by atoms with E-state index in [1.807, 2.05) is 0 Å². The van der Waals surface area contributed by atoms with E-state index in [2.05, 4.69) is 30.6 Å². The van der Waals surface area contributed by atoms with Gasteiger partial charge in [0.05, 0.1) is 17.3 Å². The molecule has 3 N–H and O–H groups in total. The summed E-state index contributed by atoms with van der Waals surface area (Å²) in [6, 6.07) is 3.77. The lowest BCUT2D eigenvalue weighted by Gasteiger charge is -2.26. The minimum atomic E-state index is -5.15. The molecule has 10 nitrogen and oxygen atoms in total. The SMILES string of the molecule is O=S([O-])NC(c1cccnc1C(F)(F)F)c1c(F)cc(Oc2ncccc2-c2ccnc(N[C@@H]3CNC[C@@H](F)C3)n2)c(F)c1F. The number of aromatic nitrogens is 4. The summed E-state index contributed by atoms with van der Waals surface area (Å²) in [5.74, 6) is -6.80. The maximum atomic E-state index is 15.4. The van der Waals surface area contributed by atoms with Gasteiger partial charge in [-0.05, 0) is 24.3 Å². The van der Waals surface area contributed by atoms with E-state index in [4.69, 9.17) is 4.74 Å². The second-order valence-corrected chi connectivity index (χ2v) is 10.4. The highest BCUT2D eigenvalue weighted by molar-refractivity contribution is 7.77. The Morgan fingerprint density at radius 3 is 2.51 bits per heavy atom. The first kappa shape index (κ1) is 32.1. The van der Waals surface area contributed by atoms with Gasteiger partial charge in [0.1, 0.15) is 17.7 Å². The summed E-state index contributed by atoms with van der Waals surface area (Å²) in [6.07, 6.45) is -2.64. The Balaban J connectivity index is 1.49. The van der Waals surface area contributed by atoms with E-state index >= 15 is 13.2 Å². The molecule has 0 spiro atoms. The summed E-state index contributed by atoms with van der Waals surface area (Å²) in [5.41, 5.74) is -3.68. The largest absolute Gasteiger partial charge is 0.760 e. The third-order valence-corrected chi connectivity index (χ3v) is 7.05. The van der Waals surface area contributed by atoms with Crippen LogP contribution in [0.25, 0.3) is 11.3 Å². The molecular weight excluding hydrogens is 635 g/mol. The minimum Gasteiger partial charge on any atom is -0.760 e. The van der Waals surface area contributed by atoms with Crippen LogP contribution in [0.3, 0.4) is 0 Å². The normalized spacial score (nSPS) is 18.3. The first-order chi connectivity index (χ1) is 21.4. The van der Waals surface area contributed by atoms with E-state index < -0.39 is 69.7 Å². The molecule has 4 aromatic rings. The summed E-state index contributed by atoms with van der Waals surface area (Å²) in [7, 11) is 0. The van der Waals surface area contributed by atoms with Crippen LogP contribution in [0.1, 0.15) is 29.3 Å². The second kappa shape index (κ2) is 13.4. The van der Waals surface area contributed by atoms with Gasteiger partial charge in [-0.1, -0.05) is 6.07 Å². The second-order valence-electron chi connectivity index (χ2n) is 9.68. The lowest BCUT2D eigenvalue weighted by atomic mass is 9.96. The number of nitrogens with one attached hydrogen (secondary N) is 3. The standard InChI is InChI=1S/C27H22F7N7O3S/c28-13-9-14(12-35-11-13)39-26-38-8-5-18(40-26)15-3-1-7-37-25(15)44-19-10-17(29)20(22(31)21(19)30)23(41-45(42)43)16-4-2-6-36-24(16)27(32,33)34/h1-8,10,13-14,23,35,41H,9,11-12H2,(H,42,43)(H,38,39,40)/p-1/t13-,14-,23?/m0/s1. The predicted molar refractivity (Wildman–Crippen MR) is 145 cm³/mol. The first-order valence-corrected chi connectivity index (χ1v) is 14.1. The van der Waals surface area contributed by atoms with Gasteiger partial charge in [0.2, 0.25) is 17.6 Å². The maximum absolute atomic E-state index is 15.4. The molecule has 1 saturated heterocycles. The van der Waals surface area contributed by atoms with Crippen molar-refractivity contribution in [1.29, 1.82) is 0 Å². The van der Waals surface area contributed by atoms with Crippen molar-refractivity contribution in [3.05, 3.63) is 89.3 Å². The fourth-order valence-electron chi connectivity index (χ4n) is 4.72. The quantitative estimate of drug-likeness (QED) is 0.133. The van der Waals surface area contributed by atoms with Gasteiger partial charge < -0.3 is 19.9 Å². The van der Waals surface area contributed by atoms with Gasteiger partial charge >= 0.3 is 6.18 Å². The molecule has 3 aromatic heterocycles. The van der Waals surface area contributed by atoms with Crippen LogP contribution in [-0.2, 0) is 17.4 Å². The van der Waals surface area contributed by atoms with Crippen LogP contribution in [0.5, 0.6) is 11.6 Å². The molecule has 1 aliphatic rings. The van der Waals surface area contributed by atoms with Crippen molar-refractivity contribution in [2.45, 2.75) is 30.9 Å². The molecule has 0 radical (unpaired) electrons. The third kappa shape index (κ3) is 7.35. The topological polar surface area (TPSA) is 137 Å². The summed E-state index contributed by atoms with van der Waals surface area (Å²) in [5, 5.41) is 5.93. The first-order valence-electron chi connectivity index (χ1n) is 13.0. The number of anilines is 1. The molecule has 1 aliphatic heterocycles. The Morgan fingerprint density at radius 1 is 1.02 bits per heavy atom. The number of nitrogens with zero attached hydrogens (tertiary/aromatic N) is 4. The fourth-order valence-corrected chi connectivity index (χ4v) is 5.16. The van der Waals surface area contributed by atoms with Crippen molar-refractivity contribution in [3.63, 3.8) is 0 Å². The van der Waals surface area contributed by atoms with Crippen molar-refractivity contribution in [2.24, 2.45) is 0 Å². The van der Waals surface area contributed by atoms with Crippen molar-refractivity contribution >= 4 is 17.2 Å². The molecular formula is C27H21F7N7O3S-. The zero-order valence-corrected chi connectivity index (χ0v) is 23.4. The Kier molecular flexibility index (Phi) is 9.56. The molecule has 5 rings (SSSR count). The van der Waals surface area contributed by atoms with Gasteiger partial charge in [-0.15, -0.1) is 0 Å². The number of ether oxygens (including phenoxy) is 1. The molecule has 4 atom stereocenters. The molecule has 0 aliphatic carbocycles. The molecule has 45 heavy (non-hydrogen) atoms. The molecule has 1 aromatic carbocycles. The minimum absolute atomic E-state index is 0.124. The third-order valence-electron chi connectivity index (χ3n) is 6.62. The lowest BCUT2D eigenvalue weighted by Crippen LogP contribution is -2.44. The monoisotopic (exact) mass is 656 g/mol. The molecule has 4 heterocycles. The molecule has 238 valence electrons. The van der Waals surface area contributed by atoms with Gasteiger partial charge in [-0.25, -0.2) is 32.8 Å². The molecule has 0 amide bonds. The van der Waals surface area contributed by atoms with Crippen LogP contribution in [0.4, 0.5) is 36.7 Å².